The molecular weight excluding hydrogens is 362 g/mol. The molecular formula is C17H26ClN3O3S. The molecule has 1 aliphatic heterocycles. The van der Waals surface area contributed by atoms with Crippen LogP contribution in [0.2, 0.25) is 0 Å². The molecule has 1 aromatic carbocycles. The molecule has 1 unspecified atom stereocenters. The van der Waals surface area contributed by atoms with Crippen molar-refractivity contribution in [3.63, 3.8) is 0 Å². The Bertz CT molecular complexity index is 731. The van der Waals surface area contributed by atoms with Crippen LogP contribution >= 0.6 is 12.4 Å². The van der Waals surface area contributed by atoms with E-state index in [1.807, 2.05) is 18.2 Å². The molecule has 1 amide bonds. The lowest BCUT2D eigenvalue weighted by molar-refractivity contribution is -0.127. The van der Waals surface area contributed by atoms with E-state index in [1.165, 1.54) is 16.1 Å². The Labute approximate surface area is 155 Å². The van der Waals surface area contributed by atoms with Crippen molar-refractivity contribution < 1.29 is 13.2 Å². The maximum absolute atomic E-state index is 12.6. The van der Waals surface area contributed by atoms with Crippen LogP contribution in [-0.4, -0.2) is 38.0 Å². The van der Waals surface area contributed by atoms with Crippen LogP contribution in [0.25, 0.3) is 0 Å². The maximum Gasteiger partial charge on any atom is 0.223 e. The average molecular weight is 388 g/mol. The van der Waals surface area contributed by atoms with Crippen molar-refractivity contribution >= 4 is 34.0 Å². The monoisotopic (exact) mass is 387 g/mol. The second-order valence-electron chi connectivity index (χ2n) is 6.85. The number of nitrogen functional groups attached to an aromatic ring is 1. The molecule has 3 rings (SSSR count). The number of hydrogen-bond acceptors (Lipinski definition) is 4. The summed E-state index contributed by atoms with van der Waals surface area (Å²) in [5.41, 5.74) is 9.00. The molecule has 8 heteroatoms. The normalized spacial score (nSPS) is 21.9. The molecule has 1 saturated heterocycles. The van der Waals surface area contributed by atoms with E-state index in [2.05, 4.69) is 5.32 Å². The second-order valence-corrected chi connectivity index (χ2v) is 8.83. The first-order valence-electron chi connectivity index (χ1n) is 8.48. The first-order valence-corrected chi connectivity index (χ1v) is 10.3. The van der Waals surface area contributed by atoms with Gasteiger partial charge in [-0.3, -0.25) is 4.79 Å². The van der Waals surface area contributed by atoms with Crippen LogP contribution in [0.15, 0.2) is 18.2 Å². The number of aryl methyl sites for hydroxylation is 1. The number of nitrogens with zero attached hydrogens (tertiary/aromatic N) is 1. The van der Waals surface area contributed by atoms with Crippen LogP contribution in [0.5, 0.6) is 0 Å². The number of nitrogens with two attached hydrogens (primary N) is 1. The van der Waals surface area contributed by atoms with Gasteiger partial charge >= 0.3 is 0 Å². The van der Waals surface area contributed by atoms with Crippen LogP contribution < -0.4 is 11.1 Å². The summed E-state index contributed by atoms with van der Waals surface area (Å²) in [6, 6.07) is 5.93. The SMILES string of the molecule is CS(=O)(=O)N1CCC(C(=O)NC2CCCc3cc(N)ccc32)CC1.Cl. The number of hydrogen-bond donors (Lipinski definition) is 2. The molecule has 1 atom stereocenters. The van der Waals surface area contributed by atoms with E-state index in [4.69, 9.17) is 5.73 Å². The highest BCUT2D eigenvalue weighted by Crippen LogP contribution is 2.31. The summed E-state index contributed by atoms with van der Waals surface area (Å²) in [7, 11) is -3.16. The Morgan fingerprint density at radius 1 is 1.24 bits per heavy atom. The predicted molar refractivity (Wildman–Crippen MR) is 101 cm³/mol. The number of carbonyl (C=O) groups is 1. The van der Waals surface area contributed by atoms with Crippen LogP contribution in [0.4, 0.5) is 5.69 Å². The van der Waals surface area contributed by atoms with E-state index in [1.54, 1.807) is 0 Å². The van der Waals surface area contributed by atoms with Gasteiger partial charge in [0.05, 0.1) is 12.3 Å². The van der Waals surface area contributed by atoms with Gasteiger partial charge in [0.15, 0.2) is 0 Å². The van der Waals surface area contributed by atoms with E-state index in [0.29, 0.717) is 25.9 Å². The van der Waals surface area contributed by atoms with Crippen LogP contribution in [-0.2, 0) is 21.2 Å². The summed E-state index contributed by atoms with van der Waals surface area (Å²) >= 11 is 0. The molecule has 1 heterocycles. The van der Waals surface area contributed by atoms with Crippen LogP contribution in [0, 0.1) is 5.92 Å². The molecule has 0 bridgehead atoms. The number of rotatable bonds is 3. The second kappa shape index (κ2) is 7.93. The fourth-order valence-corrected chi connectivity index (χ4v) is 4.60. The number of nitrogens with one attached hydrogen (secondary N) is 1. The van der Waals surface area contributed by atoms with E-state index >= 15 is 0 Å². The van der Waals surface area contributed by atoms with Crippen molar-refractivity contribution in [2.45, 2.75) is 38.1 Å². The van der Waals surface area contributed by atoms with Gasteiger partial charge in [0.2, 0.25) is 15.9 Å². The zero-order valence-corrected chi connectivity index (χ0v) is 16.0. The summed E-state index contributed by atoms with van der Waals surface area (Å²) in [5, 5.41) is 3.17. The van der Waals surface area contributed by atoms with Crippen molar-refractivity contribution in [1.82, 2.24) is 9.62 Å². The minimum atomic E-state index is -3.16. The molecule has 1 fully saturated rings. The fraction of sp³-hybridized carbons (Fsp3) is 0.588. The lowest BCUT2D eigenvalue weighted by Crippen LogP contribution is -2.43. The molecule has 3 N–H and O–H groups in total. The van der Waals surface area contributed by atoms with Gasteiger partial charge in [0.1, 0.15) is 0 Å². The standard InChI is InChI=1S/C17H25N3O3S.ClH/c1-24(22,23)20-9-7-12(8-10-20)17(21)19-16-4-2-3-13-11-14(18)5-6-15(13)16;/h5-6,11-12,16H,2-4,7-10,18H2,1H3,(H,19,21);1H. The molecule has 0 aromatic heterocycles. The minimum absolute atomic E-state index is 0. The Hall–Kier alpha value is -1.31. The third-order valence-electron chi connectivity index (χ3n) is 5.09. The Morgan fingerprint density at radius 2 is 1.92 bits per heavy atom. The smallest absolute Gasteiger partial charge is 0.223 e. The topological polar surface area (TPSA) is 92.5 Å². The number of carbonyl (C=O) groups excluding carboxylic acids is 1. The lowest BCUT2D eigenvalue weighted by Gasteiger charge is -2.32. The van der Waals surface area contributed by atoms with Crippen LogP contribution in [0.3, 0.4) is 0 Å². The number of anilines is 1. The highest BCUT2D eigenvalue weighted by atomic mass is 35.5. The van der Waals surface area contributed by atoms with Gasteiger partial charge < -0.3 is 11.1 Å². The third-order valence-corrected chi connectivity index (χ3v) is 6.39. The Kier molecular flexibility index (Phi) is 6.35. The Morgan fingerprint density at radius 3 is 2.56 bits per heavy atom. The molecule has 0 radical (unpaired) electrons. The number of benzene rings is 1. The van der Waals surface area contributed by atoms with Crippen molar-refractivity contribution in [2.75, 3.05) is 25.1 Å². The number of halogens is 1. The Balaban J connectivity index is 0.00000225. The molecule has 0 saturated carbocycles. The molecule has 1 aromatic rings. The average Bonchev–Trinajstić information content (AvgIpc) is 2.54. The predicted octanol–water partition coefficient (Wildman–Crippen LogP) is 1.86. The highest BCUT2D eigenvalue weighted by Gasteiger charge is 2.31. The third kappa shape index (κ3) is 4.65. The molecule has 1 aliphatic carbocycles. The van der Waals surface area contributed by atoms with Crippen LogP contribution in [0.1, 0.15) is 42.9 Å². The fourth-order valence-electron chi connectivity index (χ4n) is 3.72. The van der Waals surface area contributed by atoms with Crippen molar-refractivity contribution in [3.8, 4) is 0 Å². The molecule has 6 nitrogen and oxygen atoms in total. The summed E-state index contributed by atoms with van der Waals surface area (Å²) < 4.78 is 24.6. The van der Waals surface area contributed by atoms with Gasteiger partial charge in [-0.2, -0.15) is 0 Å². The lowest BCUT2D eigenvalue weighted by atomic mass is 9.86. The largest absolute Gasteiger partial charge is 0.399 e. The zero-order chi connectivity index (χ0) is 17.3. The molecule has 0 spiro atoms. The van der Waals surface area contributed by atoms with Gasteiger partial charge in [0.25, 0.3) is 0 Å². The molecule has 140 valence electrons. The minimum Gasteiger partial charge on any atom is -0.399 e. The van der Waals surface area contributed by atoms with Crippen molar-refractivity contribution in [3.05, 3.63) is 29.3 Å². The van der Waals surface area contributed by atoms with Crippen molar-refractivity contribution in [2.24, 2.45) is 5.92 Å². The summed E-state index contributed by atoms with van der Waals surface area (Å²) in [5.74, 6) is -0.0695. The zero-order valence-electron chi connectivity index (χ0n) is 14.4. The number of fused-ring (bicyclic) bond motifs is 1. The molecule has 2 aliphatic rings. The first-order chi connectivity index (χ1) is 11.3. The quantitative estimate of drug-likeness (QED) is 0.774. The van der Waals surface area contributed by atoms with Gasteiger partial charge in [-0.1, -0.05) is 6.07 Å². The van der Waals surface area contributed by atoms with E-state index in [9.17, 15) is 13.2 Å². The number of piperidine rings is 1. The van der Waals surface area contributed by atoms with E-state index < -0.39 is 10.0 Å². The highest BCUT2D eigenvalue weighted by molar-refractivity contribution is 7.88. The summed E-state index contributed by atoms with van der Waals surface area (Å²) in [4.78, 5) is 12.6. The van der Waals surface area contributed by atoms with Crippen molar-refractivity contribution in [1.29, 1.82) is 0 Å². The van der Waals surface area contributed by atoms with Gasteiger partial charge in [-0.25, -0.2) is 12.7 Å². The van der Waals surface area contributed by atoms with Gasteiger partial charge in [-0.05, 0) is 55.4 Å². The van der Waals surface area contributed by atoms with Gasteiger partial charge in [-0.15, -0.1) is 12.4 Å². The first kappa shape index (κ1) is 20.0. The molecule has 25 heavy (non-hydrogen) atoms. The summed E-state index contributed by atoms with van der Waals surface area (Å²) in [6.07, 6.45) is 5.36. The summed E-state index contributed by atoms with van der Waals surface area (Å²) in [6.45, 7) is 0.851. The number of amides is 1. The van der Waals surface area contributed by atoms with E-state index in [0.717, 1.165) is 30.5 Å². The number of sulfonamides is 1. The maximum atomic E-state index is 12.6. The van der Waals surface area contributed by atoms with E-state index in [-0.39, 0.29) is 30.3 Å². The van der Waals surface area contributed by atoms with Gasteiger partial charge in [0, 0.05) is 24.7 Å².